The minimum Gasteiger partial charge on any atom is -0.0988 e. The molecule has 0 heteroatoms. The molecule has 0 bridgehead atoms. The Morgan fingerprint density at radius 3 is 2.67 bits per heavy atom. The normalized spacial score (nSPS) is 30.6. The SMILES string of the molecule is C=CC1=C(C)CCC(C)[C@H]1CC. The highest BCUT2D eigenvalue weighted by molar-refractivity contribution is 5.28. The van der Waals surface area contributed by atoms with Gasteiger partial charge in [0.25, 0.3) is 0 Å². The Morgan fingerprint density at radius 2 is 2.25 bits per heavy atom. The summed E-state index contributed by atoms with van der Waals surface area (Å²) in [4.78, 5) is 0. The van der Waals surface area contributed by atoms with E-state index in [9.17, 15) is 0 Å². The quantitative estimate of drug-likeness (QED) is 0.580. The van der Waals surface area contributed by atoms with Crippen molar-refractivity contribution in [3.05, 3.63) is 23.8 Å². The van der Waals surface area contributed by atoms with Crippen LogP contribution in [0.25, 0.3) is 0 Å². The van der Waals surface area contributed by atoms with Gasteiger partial charge in [0.05, 0.1) is 0 Å². The Kier molecular flexibility index (Phi) is 3.13. The summed E-state index contributed by atoms with van der Waals surface area (Å²) < 4.78 is 0. The zero-order valence-electron chi connectivity index (χ0n) is 8.56. The Morgan fingerprint density at radius 1 is 1.58 bits per heavy atom. The topological polar surface area (TPSA) is 0 Å². The Labute approximate surface area is 76.4 Å². The molecule has 0 nitrogen and oxygen atoms in total. The van der Waals surface area contributed by atoms with Crippen LogP contribution in [-0.2, 0) is 0 Å². The lowest BCUT2D eigenvalue weighted by molar-refractivity contribution is 0.356. The number of allylic oxidation sites excluding steroid dienone is 3. The number of hydrogen-bond acceptors (Lipinski definition) is 0. The highest BCUT2D eigenvalue weighted by atomic mass is 14.3. The number of rotatable bonds is 2. The van der Waals surface area contributed by atoms with Gasteiger partial charge in [-0.1, -0.05) is 32.1 Å². The molecule has 0 saturated carbocycles. The molecule has 0 heterocycles. The van der Waals surface area contributed by atoms with Crippen LogP contribution in [-0.4, -0.2) is 0 Å². The molecule has 68 valence electrons. The van der Waals surface area contributed by atoms with Crippen molar-refractivity contribution in [2.24, 2.45) is 11.8 Å². The van der Waals surface area contributed by atoms with Gasteiger partial charge in [-0.2, -0.15) is 0 Å². The smallest absolute Gasteiger partial charge is 0.0140 e. The van der Waals surface area contributed by atoms with Crippen LogP contribution in [0.1, 0.15) is 40.0 Å². The molecular formula is C12H20. The summed E-state index contributed by atoms with van der Waals surface area (Å²) in [5.74, 6) is 1.63. The second kappa shape index (κ2) is 3.93. The molecule has 0 fully saturated rings. The average molecular weight is 164 g/mol. The van der Waals surface area contributed by atoms with Crippen molar-refractivity contribution >= 4 is 0 Å². The van der Waals surface area contributed by atoms with Crippen LogP contribution in [0.5, 0.6) is 0 Å². The summed E-state index contributed by atoms with van der Waals surface area (Å²) in [6.07, 6.45) is 5.97. The summed E-state index contributed by atoms with van der Waals surface area (Å²) in [6, 6.07) is 0. The molecule has 0 radical (unpaired) electrons. The molecule has 1 aliphatic carbocycles. The van der Waals surface area contributed by atoms with Gasteiger partial charge in [0.1, 0.15) is 0 Å². The van der Waals surface area contributed by atoms with Crippen molar-refractivity contribution in [3.8, 4) is 0 Å². The van der Waals surface area contributed by atoms with E-state index in [2.05, 4.69) is 33.4 Å². The largest absolute Gasteiger partial charge is 0.0988 e. The minimum absolute atomic E-state index is 0.774. The maximum atomic E-state index is 3.91. The van der Waals surface area contributed by atoms with Crippen LogP contribution >= 0.6 is 0 Å². The first-order valence-corrected chi connectivity index (χ1v) is 5.02. The second-order valence-electron chi connectivity index (χ2n) is 3.97. The molecule has 12 heavy (non-hydrogen) atoms. The van der Waals surface area contributed by atoms with Crippen molar-refractivity contribution < 1.29 is 0 Å². The standard InChI is InChI=1S/C12H20/c1-5-11-9(3)7-8-10(4)12(11)6-2/h5,10,12H,1,6-8H2,2-4H3/t10?,12-/m1/s1. The van der Waals surface area contributed by atoms with E-state index in [1.807, 2.05) is 0 Å². The molecule has 0 aromatic heterocycles. The zero-order valence-corrected chi connectivity index (χ0v) is 8.56. The van der Waals surface area contributed by atoms with Gasteiger partial charge in [-0.25, -0.2) is 0 Å². The molecule has 0 aromatic carbocycles. The molecule has 1 aliphatic rings. The van der Waals surface area contributed by atoms with Crippen LogP contribution in [0.2, 0.25) is 0 Å². The van der Waals surface area contributed by atoms with Crippen LogP contribution < -0.4 is 0 Å². The van der Waals surface area contributed by atoms with Crippen molar-refractivity contribution in [1.82, 2.24) is 0 Å². The van der Waals surface area contributed by atoms with Gasteiger partial charge < -0.3 is 0 Å². The first-order chi connectivity index (χ1) is 5.70. The molecule has 0 N–H and O–H groups in total. The Hall–Kier alpha value is -0.520. The molecule has 0 spiro atoms. The van der Waals surface area contributed by atoms with E-state index in [-0.39, 0.29) is 0 Å². The van der Waals surface area contributed by atoms with Gasteiger partial charge in [-0.15, -0.1) is 0 Å². The van der Waals surface area contributed by atoms with Crippen molar-refractivity contribution in [3.63, 3.8) is 0 Å². The number of hydrogen-bond donors (Lipinski definition) is 0. The highest BCUT2D eigenvalue weighted by Gasteiger charge is 2.23. The lowest BCUT2D eigenvalue weighted by Crippen LogP contribution is -2.18. The lowest BCUT2D eigenvalue weighted by Gasteiger charge is -2.30. The van der Waals surface area contributed by atoms with Crippen LogP contribution in [0, 0.1) is 11.8 Å². The fourth-order valence-electron chi connectivity index (χ4n) is 2.36. The van der Waals surface area contributed by atoms with E-state index in [0.717, 1.165) is 11.8 Å². The molecule has 0 saturated heterocycles. The van der Waals surface area contributed by atoms with Crippen LogP contribution in [0.15, 0.2) is 23.8 Å². The van der Waals surface area contributed by atoms with Gasteiger partial charge >= 0.3 is 0 Å². The Balaban J connectivity index is 2.90. The van der Waals surface area contributed by atoms with E-state index in [1.54, 1.807) is 5.57 Å². The molecule has 2 atom stereocenters. The van der Waals surface area contributed by atoms with Gasteiger partial charge in [0.2, 0.25) is 0 Å². The third-order valence-corrected chi connectivity index (χ3v) is 3.21. The van der Waals surface area contributed by atoms with E-state index < -0.39 is 0 Å². The summed E-state index contributed by atoms with van der Waals surface area (Å²) in [7, 11) is 0. The van der Waals surface area contributed by atoms with Gasteiger partial charge in [0, 0.05) is 0 Å². The minimum atomic E-state index is 0.774. The maximum absolute atomic E-state index is 3.91. The van der Waals surface area contributed by atoms with E-state index in [4.69, 9.17) is 0 Å². The Bertz CT molecular complexity index is 198. The highest BCUT2D eigenvalue weighted by Crippen LogP contribution is 2.36. The van der Waals surface area contributed by atoms with Crippen molar-refractivity contribution in [2.45, 2.75) is 40.0 Å². The summed E-state index contributed by atoms with van der Waals surface area (Å²) in [5, 5.41) is 0. The monoisotopic (exact) mass is 164 g/mol. The maximum Gasteiger partial charge on any atom is -0.0140 e. The van der Waals surface area contributed by atoms with E-state index >= 15 is 0 Å². The van der Waals surface area contributed by atoms with Crippen molar-refractivity contribution in [2.75, 3.05) is 0 Å². The summed E-state index contributed by atoms with van der Waals surface area (Å²) in [6.45, 7) is 10.8. The molecule has 0 amide bonds. The van der Waals surface area contributed by atoms with Crippen molar-refractivity contribution in [1.29, 1.82) is 0 Å². The lowest BCUT2D eigenvalue weighted by atomic mass is 9.75. The summed E-state index contributed by atoms with van der Waals surface area (Å²) in [5.41, 5.74) is 3.09. The molecule has 0 aromatic rings. The van der Waals surface area contributed by atoms with Gasteiger partial charge in [-0.3, -0.25) is 0 Å². The van der Waals surface area contributed by atoms with E-state index in [1.165, 1.54) is 24.8 Å². The van der Waals surface area contributed by atoms with Crippen LogP contribution in [0.3, 0.4) is 0 Å². The predicted octanol–water partition coefficient (Wildman–Crippen LogP) is 3.95. The molecule has 1 unspecified atom stereocenters. The molecular weight excluding hydrogens is 144 g/mol. The molecule has 1 rings (SSSR count). The third kappa shape index (κ3) is 1.63. The first kappa shape index (κ1) is 9.57. The van der Waals surface area contributed by atoms with E-state index in [0.29, 0.717) is 0 Å². The summed E-state index contributed by atoms with van der Waals surface area (Å²) >= 11 is 0. The fourth-order valence-corrected chi connectivity index (χ4v) is 2.36. The first-order valence-electron chi connectivity index (χ1n) is 5.02. The predicted molar refractivity (Wildman–Crippen MR) is 55.1 cm³/mol. The third-order valence-electron chi connectivity index (χ3n) is 3.21. The zero-order chi connectivity index (χ0) is 9.14. The average Bonchev–Trinajstić information content (AvgIpc) is 2.08. The molecule has 0 aliphatic heterocycles. The second-order valence-corrected chi connectivity index (χ2v) is 3.97. The fraction of sp³-hybridized carbons (Fsp3) is 0.667. The van der Waals surface area contributed by atoms with Gasteiger partial charge in [0.15, 0.2) is 0 Å². The van der Waals surface area contributed by atoms with Crippen LogP contribution in [0.4, 0.5) is 0 Å². The van der Waals surface area contributed by atoms with Gasteiger partial charge in [-0.05, 0) is 43.6 Å².